The zero-order valence-electron chi connectivity index (χ0n) is 12.0. The van der Waals surface area contributed by atoms with Crippen molar-refractivity contribution in [2.24, 2.45) is 5.14 Å². The number of esters is 1. The maximum atomic E-state index is 12.0. The Labute approximate surface area is 143 Å². The minimum atomic E-state index is -3.88. The van der Waals surface area contributed by atoms with Crippen LogP contribution in [0.4, 0.5) is 0 Å². The Bertz CT molecular complexity index is 832. The summed E-state index contributed by atoms with van der Waals surface area (Å²) in [6.45, 7) is 0.0692. The minimum absolute atomic E-state index is 0.0692. The normalized spacial score (nSPS) is 11.6. The molecule has 0 bridgehead atoms. The van der Waals surface area contributed by atoms with Crippen LogP contribution in [0.5, 0.6) is 0 Å². The molecule has 0 saturated carbocycles. The Kier molecular flexibility index (Phi) is 5.70. The Morgan fingerprint density at radius 2 is 1.87 bits per heavy atom. The van der Waals surface area contributed by atoms with Gasteiger partial charge in [0, 0.05) is 4.47 Å². The molecule has 0 atom stereocenters. The summed E-state index contributed by atoms with van der Waals surface area (Å²) in [5, 5.41) is 5.06. The third-order valence-corrected chi connectivity index (χ3v) is 4.51. The molecule has 0 saturated heterocycles. The molecule has 0 fully saturated rings. The predicted molar refractivity (Wildman–Crippen MR) is 91.3 cm³/mol. The molecule has 2 rings (SSSR count). The minimum Gasteiger partial charge on any atom is -0.458 e. The van der Waals surface area contributed by atoms with Crippen LogP contribution in [0.3, 0.4) is 0 Å². The van der Waals surface area contributed by atoms with Crippen LogP contribution in [0.15, 0.2) is 64.0 Å². The lowest BCUT2D eigenvalue weighted by atomic mass is 10.2. The molecule has 0 unspecified atom stereocenters. The standard InChI is InChI=1S/C16H14BrNO4S/c17-15-9-8-13(23(18,20)21)11-14(15)16(19)22-10-4-7-12-5-2-1-3-6-12/h1-9,11H,10H2,(H2,18,20,21). The molecule has 0 radical (unpaired) electrons. The van der Waals surface area contributed by atoms with E-state index in [1.54, 1.807) is 6.08 Å². The van der Waals surface area contributed by atoms with Crippen molar-refractivity contribution in [2.75, 3.05) is 6.61 Å². The molecule has 0 spiro atoms. The third kappa shape index (κ3) is 5.02. The van der Waals surface area contributed by atoms with Crippen molar-refractivity contribution in [3.05, 3.63) is 70.2 Å². The summed E-state index contributed by atoms with van der Waals surface area (Å²) in [5.74, 6) is -0.639. The second-order valence-electron chi connectivity index (χ2n) is 4.60. The Morgan fingerprint density at radius 1 is 1.17 bits per heavy atom. The van der Waals surface area contributed by atoms with E-state index in [0.717, 1.165) is 5.56 Å². The lowest BCUT2D eigenvalue weighted by Gasteiger charge is -2.06. The molecule has 0 aromatic heterocycles. The molecule has 120 valence electrons. The van der Waals surface area contributed by atoms with Crippen molar-refractivity contribution in [2.45, 2.75) is 4.90 Å². The zero-order chi connectivity index (χ0) is 16.9. The summed E-state index contributed by atoms with van der Waals surface area (Å²) in [6, 6.07) is 13.5. The maximum absolute atomic E-state index is 12.0. The van der Waals surface area contributed by atoms with Gasteiger partial charge in [0.1, 0.15) is 6.61 Å². The number of carbonyl (C=O) groups is 1. The molecule has 0 heterocycles. The van der Waals surface area contributed by atoms with Gasteiger partial charge in [0.05, 0.1) is 10.5 Å². The Balaban J connectivity index is 2.05. The van der Waals surface area contributed by atoms with Crippen molar-refractivity contribution >= 4 is 38.0 Å². The quantitative estimate of drug-likeness (QED) is 0.788. The van der Waals surface area contributed by atoms with E-state index in [0.29, 0.717) is 4.47 Å². The van der Waals surface area contributed by atoms with Gasteiger partial charge >= 0.3 is 5.97 Å². The van der Waals surface area contributed by atoms with E-state index in [1.165, 1.54) is 18.2 Å². The highest BCUT2D eigenvalue weighted by Gasteiger charge is 2.16. The van der Waals surface area contributed by atoms with E-state index in [-0.39, 0.29) is 17.1 Å². The highest BCUT2D eigenvalue weighted by molar-refractivity contribution is 9.10. The number of hydrogen-bond donors (Lipinski definition) is 1. The lowest BCUT2D eigenvalue weighted by Crippen LogP contribution is -2.14. The van der Waals surface area contributed by atoms with Gasteiger partial charge in [-0.2, -0.15) is 0 Å². The summed E-state index contributed by atoms with van der Waals surface area (Å²) in [4.78, 5) is 11.9. The van der Waals surface area contributed by atoms with E-state index in [4.69, 9.17) is 9.88 Å². The van der Waals surface area contributed by atoms with Crippen LogP contribution in [0.25, 0.3) is 6.08 Å². The highest BCUT2D eigenvalue weighted by atomic mass is 79.9. The number of ether oxygens (including phenoxy) is 1. The first-order chi connectivity index (χ1) is 10.9. The van der Waals surface area contributed by atoms with Crippen molar-refractivity contribution < 1.29 is 17.9 Å². The molecule has 2 aromatic rings. The van der Waals surface area contributed by atoms with Crippen molar-refractivity contribution in [1.29, 1.82) is 0 Å². The van der Waals surface area contributed by atoms with Crippen LogP contribution in [-0.2, 0) is 14.8 Å². The molecule has 0 amide bonds. The maximum Gasteiger partial charge on any atom is 0.339 e. The fourth-order valence-electron chi connectivity index (χ4n) is 1.79. The largest absolute Gasteiger partial charge is 0.458 e. The first kappa shape index (κ1) is 17.4. The third-order valence-electron chi connectivity index (χ3n) is 2.91. The smallest absolute Gasteiger partial charge is 0.339 e. The molecular weight excluding hydrogens is 382 g/mol. The molecular formula is C16H14BrNO4S. The molecule has 7 heteroatoms. The van der Waals surface area contributed by atoms with E-state index in [1.807, 2.05) is 36.4 Å². The van der Waals surface area contributed by atoms with E-state index >= 15 is 0 Å². The summed E-state index contributed by atoms with van der Waals surface area (Å²) >= 11 is 3.19. The van der Waals surface area contributed by atoms with Crippen molar-refractivity contribution in [3.63, 3.8) is 0 Å². The van der Waals surface area contributed by atoms with Crippen LogP contribution in [0.1, 0.15) is 15.9 Å². The van der Waals surface area contributed by atoms with Crippen molar-refractivity contribution in [3.8, 4) is 0 Å². The topological polar surface area (TPSA) is 86.5 Å². The van der Waals surface area contributed by atoms with Gasteiger partial charge in [-0.3, -0.25) is 0 Å². The average molecular weight is 396 g/mol. The number of halogens is 1. The fourth-order valence-corrected chi connectivity index (χ4v) is 2.74. The summed E-state index contributed by atoms with van der Waals surface area (Å²) in [7, 11) is -3.88. The first-order valence-electron chi connectivity index (χ1n) is 6.59. The van der Waals surface area contributed by atoms with Crippen LogP contribution in [0.2, 0.25) is 0 Å². The Morgan fingerprint density at radius 3 is 2.52 bits per heavy atom. The number of benzene rings is 2. The molecule has 0 aliphatic carbocycles. The lowest BCUT2D eigenvalue weighted by molar-refractivity contribution is 0.0548. The highest BCUT2D eigenvalue weighted by Crippen LogP contribution is 2.21. The molecule has 2 N–H and O–H groups in total. The van der Waals surface area contributed by atoms with Crippen LogP contribution >= 0.6 is 15.9 Å². The van der Waals surface area contributed by atoms with Gasteiger partial charge in [-0.25, -0.2) is 18.4 Å². The number of hydrogen-bond acceptors (Lipinski definition) is 4. The molecule has 0 aliphatic rings. The summed E-state index contributed by atoms with van der Waals surface area (Å²) in [6.07, 6.45) is 3.52. The van der Waals surface area contributed by atoms with Gasteiger partial charge in [-0.15, -0.1) is 0 Å². The summed E-state index contributed by atoms with van der Waals surface area (Å²) < 4.78 is 28.2. The number of sulfonamides is 1. The SMILES string of the molecule is NS(=O)(=O)c1ccc(Br)c(C(=O)OCC=Cc2ccccc2)c1. The number of nitrogens with two attached hydrogens (primary N) is 1. The molecule has 2 aromatic carbocycles. The van der Waals surface area contributed by atoms with Crippen molar-refractivity contribution in [1.82, 2.24) is 0 Å². The average Bonchev–Trinajstić information content (AvgIpc) is 2.51. The van der Waals surface area contributed by atoms with E-state index < -0.39 is 16.0 Å². The monoisotopic (exact) mass is 395 g/mol. The van der Waals surface area contributed by atoms with Crippen LogP contribution in [-0.4, -0.2) is 21.0 Å². The van der Waals surface area contributed by atoms with Gasteiger partial charge in [-0.1, -0.05) is 36.4 Å². The van der Waals surface area contributed by atoms with Gasteiger partial charge < -0.3 is 4.74 Å². The molecule has 23 heavy (non-hydrogen) atoms. The molecule has 0 aliphatic heterocycles. The molecule has 5 nitrogen and oxygen atoms in total. The second kappa shape index (κ2) is 7.54. The van der Waals surface area contributed by atoms with Gasteiger partial charge in [-0.05, 0) is 45.8 Å². The Hall–Kier alpha value is -1.96. The van der Waals surface area contributed by atoms with Crippen LogP contribution < -0.4 is 5.14 Å². The van der Waals surface area contributed by atoms with Gasteiger partial charge in [0.25, 0.3) is 0 Å². The number of rotatable bonds is 5. The van der Waals surface area contributed by atoms with Gasteiger partial charge in [0.2, 0.25) is 10.0 Å². The predicted octanol–water partition coefficient (Wildman–Crippen LogP) is 2.97. The number of primary sulfonamides is 1. The van der Waals surface area contributed by atoms with Gasteiger partial charge in [0.15, 0.2) is 0 Å². The summed E-state index contributed by atoms with van der Waals surface area (Å²) in [5.41, 5.74) is 1.09. The van der Waals surface area contributed by atoms with E-state index in [2.05, 4.69) is 15.9 Å². The first-order valence-corrected chi connectivity index (χ1v) is 8.93. The van der Waals surface area contributed by atoms with E-state index in [9.17, 15) is 13.2 Å². The fraction of sp³-hybridized carbons (Fsp3) is 0.0625. The second-order valence-corrected chi connectivity index (χ2v) is 7.01. The zero-order valence-corrected chi connectivity index (χ0v) is 14.4. The number of carbonyl (C=O) groups excluding carboxylic acids is 1. The van der Waals surface area contributed by atoms with Crippen LogP contribution in [0, 0.1) is 0 Å².